The van der Waals surface area contributed by atoms with Gasteiger partial charge in [0.05, 0.1) is 22.5 Å². The highest BCUT2D eigenvalue weighted by molar-refractivity contribution is 6.34. The van der Waals surface area contributed by atoms with E-state index in [1.54, 1.807) is 24.3 Å². The zero-order valence-electron chi connectivity index (χ0n) is 10.7. The topological polar surface area (TPSA) is 65.5 Å². The maximum Gasteiger partial charge on any atom is 0.341 e. The summed E-state index contributed by atoms with van der Waals surface area (Å²) in [5, 5.41) is 0.451. The predicted octanol–water partition coefficient (Wildman–Crippen LogP) is 2.74. The van der Waals surface area contributed by atoms with E-state index in [4.69, 9.17) is 21.1 Å². The van der Waals surface area contributed by atoms with Crippen LogP contribution < -0.4 is 0 Å². The largest absolute Gasteiger partial charge is 0.455 e. The summed E-state index contributed by atoms with van der Waals surface area (Å²) in [7, 11) is 0. The highest BCUT2D eigenvalue weighted by Gasteiger charge is 2.37. The molecule has 0 radical (unpaired) electrons. The molecule has 0 fully saturated rings. The minimum absolute atomic E-state index is 0.104. The lowest BCUT2D eigenvalue weighted by Crippen LogP contribution is -2.07. The van der Waals surface area contributed by atoms with E-state index in [2.05, 4.69) is 4.98 Å². The van der Waals surface area contributed by atoms with Crippen LogP contribution >= 0.6 is 11.6 Å². The first kappa shape index (κ1) is 12.3. The van der Waals surface area contributed by atoms with Gasteiger partial charge in [-0.05, 0) is 6.07 Å². The number of esters is 2. The molecule has 0 spiro atoms. The second kappa shape index (κ2) is 4.30. The van der Waals surface area contributed by atoms with Crippen LogP contribution in [0.3, 0.4) is 0 Å². The van der Waals surface area contributed by atoms with E-state index in [1.807, 2.05) is 0 Å². The second-order valence-corrected chi connectivity index (χ2v) is 5.17. The number of hydrogen-bond donors (Lipinski definition) is 0. The van der Waals surface area contributed by atoms with E-state index in [0.29, 0.717) is 38.7 Å². The molecule has 1 aromatic carbocycles. The molecule has 0 aliphatic carbocycles. The maximum atomic E-state index is 12.0. The van der Waals surface area contributed by atoms with Crippen molar-refractivity contribution in [1.29, 1.82) is 0 Å². The number of rotatable bonds is 1. The van der Waals surface area contributed by atoms with Crippen LogP contribution in [0.25, 0.3) is 11.1 Å². The van der Waals surface area contributed by atoms with Gasteiger partial charge in [-0.1, -0.05) is 29.8 Å². The average Bonchev–Trinajstić information content (AvgIpc) is 3.03. The monoisotopic (exact) mass is 301 g/mol. The lowest BCUT2D eigenvalue weighted by atomic mass is 9.93. The second-order valence-electron chi connectivity index (χ2n) is 4.76. The van der Waals surface area contributed by atoms with Gasteiger partial charge in [0.2, 0.25) is 0 Å². The Labute approximate surface area is 124 Å². The van der Waals surface area contributed by atoms with E-state index in [1.165, 1.54) is 0 Å². The van der Waals surface area contributed by atoms with E-state index < -0.39 is 11.9 Å². The van der Waals surface area contributed by atoms with Crippen molar-refractivity contribution in [3.63, 3.8) is 0 Å². The molecule has 0 unspecified atom stereocenters. The third kappa shape index (κ3) is 1.67. The van der Waals surface area contributed by atoms with Crippen LogP contribution in [0.4, 0.5) is 0 Å². The molecule has 0 saturated heterocycles. The van der Waals surface area contributed by atoms with Crippen molar-refractivity contribution >= 4 is 23.5 Å². The lowest BCUT2D eigenvalue weighted by molar-refractivity contribution is 0.0532. The average molecular weight is 302 g/mol. The number of hydrogen-bond acceptors (Lipinski definition) is 5. The number of fused-ring (bicyclic) bond motifs is 2. The number of benzene rings is 1. The normalized spacial score (nSPS) is 15.5. The number of pyridine rings is 1. The van der Waals surface area contributed by atoms with Gasteiger partial charge in [0.15, 0.2) is 0 Å². The SMILES string of the molecule is O=C1OCc2nc3c(c(-c4ccccc4Cl)c21)C(=O)OC3. The minimum atomic E-state index is -0.491. The molecule has 1 aromatic heterocycles. The summed E-state index contributed by atoms with van der Waals surface area (Å²) >= 11 is 6.23. The fourth-order valence-corrected chi connectivity index (χ4v) is 2.91. The minimum Gasteiger partial charge on any atom is -0.455 e. The molecule has 0 N–H and O–H groups in total. The van der Waals surface area contributed by atoms with Crippen molar-refractivity contribution in [3.8, 4) is 11.1 Å². The van der Waals surface area contributed by atoms with Crippen molar-refractivity contribution in [2.75, 3.05) is 0 Å². The molecule has 3 heterocycles. The van der Waals surface area contributed by atoms with Gasteiger partial charge in [0.25, 0.3) is 0 Å². The zero-order valence-corrected chi connectivity index (χ0v) is 11.4. The van der Waals surface area contributed by atoms with Crippen molar-refractivity contribution in [1.82, 2.24) is 4.98 Å². The first-order valence-corrected chi connectivity index (χ1v) is 6.69. The molecule has 2 aliphatic heterocycles. The Bertz CT molecular complexity index is 773. The molecule has 0 saturated carbocycles. The number of carbonyl (C=O) groups excluding carboxylic acids is 2. The fourth-order valence-electron chi connectivity index (χ4n) is 2.68. The van der Waals surface area contributed by atoms with Crippen LogP contribution in [0.5, 0.6) is 0 Å². The molecule has 104 valence electrons. The van der Waals surface area contributed by atoms with Gasteiger partial charge < -0.3 is 9.47 Å². The molecule has 4 rings (SSSR count). The first-order valence-electron chi connectivity index (χ1n) is 6.31. The Kier molecular flexibility index (Phi) is 2.53. The number of ether oxygens (including phenoxy) is 2. The zero-order chi connectivity index (χ0) is 14.6. The highest BCUT2D eigenvalue weighted by atomic mass is 35.5. The Morgan fingerprint density at radius 1 is 0.905 bits per heavy atom. The van der Waals surface area contributed by atoms with Gasteiger partial charge in [-0.25, -0.2) is 14.6 Å². The van der Waals surface area contributed by atoms with Gasteiger partial charge in [-0.2, -0.15) is 0 Å². The Morgan fingerprint density at radius 3 is 2.05 bits per heavy atom. The number of carbonyl (C=O) groups is 2. The van der Waals surface area contributed by atoms with Crippen LogP contribution in [0.1, 0.15) is 32.1 Å². The number of cyclic esters (lactones) is 2. The van der Waals surface area contributed by atoms with Crippen LogP contribution in [0.15, 0.2) is 24.3 Å². The van der Waals surface area contributed by atoms with Gasteiger partial charge in [-0.15, -0.1) is 0 Å². The van der Waals surface area contributed by atoms with Crippen molar-refractivity contribution in [3.05, 3.63) is 51.8 Å². The first-order chi connectivity index (χ1) is 10.2. The third-order valence-electron chi connectivity index (χ3n) is 3.58. The molecule has 2 aliphatic rings. The Morgan fingerprint density at radius 2 is 1.48 bits per heavy atom. The fraction of sp³-hybridized carbons (Fsp3) is 0.133. The van der Waals surface area contributed by atoms with Gasteiger partial charge in [0.1, 0.15) is 13.2 Å². The summed E-state index contributed by atoms with van der Waals surface area (Å²) in [5.74, 6) is -0.982. The quantitative estimate of drug-likeness (QED) is 0.758. The summed E-state index contributed by atoms with van der Waals surface area (Å²) in [4.78, 5) is 28.4. The maximum absolute atomic E-state index is 12.0. The standard InChI is InChI=1S/C15H8ClNO4/c16-8-4-2-1-3-7(8)11-12-9(5-20-14(12)18)17-10-6-21-15(19)13(10)11/h1-4H,5-6H2. The van der Waals surface area contributed by atoms with E-state index in [-0.39, 0.29) is 13.2 Å². The van der Waals surface area contributed by atoms with Crippen LogP contribution in [0, 0.1) is 0 Å². The van der Waals surface area contributed by atoms with E-state index >= 15 is 0 Å². The third-order valence-corrected chi connectivity index (χ3v) is 3.91. The number of aromatic nitrogens is 1. The molecular formula is C15H8ClNO4. The lowest BCUT2D eigenvalue weighted by Gasteiger charge is -2.11. The van der Waals surface area contributed by atoms with Gasteiger partial charge >= 0.3 is 11.9 Å². The molecule has 0 atom stereocenters. The van der Waals surface area contributed by atoms with E-state index in [0.717, 1.165) is 0 Å². The summed E-state index contributed by atoms with van der Waals surface area (Å²) in [6.45, 7) is 0.209. The number of nitrogens with zero attached hydrogens (tertiary/aromatic N) is 1. The molecular weight excluding hydrogens is 294 g/mol. The van der Waals surface area contributed by atoms with E-state index in [9.17, 15) is 9.59 Å². The number of halogens is 1. The summed E-state index contributed by atoms with van der Waals surface area (Å²) in [6.07, 6.45) is 0. The smallest absolute Gasteiger partial charge is 0.341 e. The van der Waals surface area contributed by atoms with Crippen molar-refractivity contribution in [2.24, 2.45) is 0 Å². The van der Waals surface area contributed by atoms with Gasteiger partial charge in [0, 0.05) is 16.1 Å². The molecule has 0 bridgehead atoms. The summed E-state index contributed by atoms with van der Waals surface area (Å²) in [6, 6.07) is 7.04. The predicted molar refractivity (Wildman–Crippen MR) is 72.9 cm³/mol. The molecule has 5 nitrogen and oxygen atoms in total. The van der Waals surface area contributed by atoms with Crippen molar-refractivity contribution in [2.45, 2.75) is 13.2 Å². The molecule has 21 heavy (non-hydrogen) atoms. The Hall–Kier alpha value is -2.40. The van der Waals surface area contributed by atoms with Gasteiger partial charge in [-0.3, -0.25) is 0 Å². The molecule has 0 amide bonds. The van der Waals surface area contributed by atoms with Crippen LogP contribution in [-0.2, 0) is 22.7 Å². The summed E-state index contributed by atoms with van der Waals surface area (Å²) < 4.78 is 10.1. The highest BCUT2D eigenvalue weighted by Crippen LogP contribution is 2.40. The van der Waals surface area contributed by atoms with Crippen LogP contribution in [0.2, 0.25) is 5.02 Å². The molecule has 6 heteroatoms. The van der Waals surface area contributed by atoms with Crippen molar-refractivity contribution < 1.29 is 19.1 Å². The van der Waals surface area contributed by atoms with Crippen LogP contribution in [-0.4, -0.2) is 16.9 Å². The Balaban J connectivity index is 2.13. The summed E-state index contributed by atoms with van der Waals surface area (Å²) in [5.41, 5.74) is 2.72. The molecule has 2 aromatic rings.